The molecule has 2 aromatic carbocycles. The second kappa shape index (κ2) is 5.32. The van der Waals surface area contributed by atoms with Crippen molar-refractivity contribution in [3.8, 4) is 5.75 Å². The number of nitrogens with zero attached hydrogens (tertiary/aromatic N) is 1. The summed E-state index contributed by atoms with van der Waals surface area (Å²) in [5, 5.41) is 10.5. The normalized spacial score (nSPS) is 10.7. The van der Waals surface area contributed by atoms with Crippen LogP contribution >= 0.6 is 0 Å². The third kappa shape index (κ3) is 2.74. The average Bonchev–Trinajstić information content (AvgIpc) is 2.90. The molecule has 0 aliphatic carbocycles. The van der Waals surface area contributed by atoms with Gasteiger partial charge in [0.25, 0.3) is 5.91 Å². The summed E-state index contributed by atoms with van der Waals surface area (Å²) < 4.78 is 0. The number of nitrogens with one attached hydrogen (secondary N) is 1. The van der Waals surface area contributed by atoms with Gasteiger partial charge in [0.15, 0.2) is 0 Å². The molecule has 4 nitrogen and oxygen atoms in total. The molecule has 3 rings (SSSR count). The lowest BCUT2D eigenvalue weighted by molar-refractivity contribution is 0.0780. The quantitative estimate of drug-likeness (QED) is 0.774. The highest BCUT2D eigenvalue weighted by Gasteiger charge is 2.14. The number of rotatable bonds is 3. The van der Waals surface area contributed by atoms with E-state index in [-0.39, 0.29) is 11.7 Å². The minimum absolute atomic E-state index is 0.0745. The number of benzene rings is 2. The van der Waals surface area contributed by atoms with Crippen molar-refractivity contribution in [1.29, 1.82) is 0 Å². The SMILES string of the molecule is CN(Cc1cccc(O)c1)C(=O)c1cc2ccccc2[nH]1. The van der Waals surface area contributed by atoms with Crippen LogP contribution in [0.1, 0.15) is 16.1 Å². The molecule has 1 amide bonds. The van der Waals surface area contributed by atoms with Gasteiger partial charge >= 0.3 is 0 Å². The van der Waals surface area contributed by atoms with Crippen LogP contribution < -0.4 is 0 Å². The van der Waals surface area contributed by atoms with Crippen molar-refractivity contribution in [2.45, 2.75) is 6.54 Å². The van der Waals surface area contributed by atoms with Gasteiger partial charge in [0, 0.05) is 24.5 Å². The summed E-state index contributed by atoms with van der Waals surface area (Å²) >= 11 is 0. The maximum atomic E-state index is 12.4. The Kier molecular flexibility index (Phi) is 3.36. The second-order valence-electron chi connectivity index (χ2n) is 5.10. The average molecular weight is 280 g/mol. The molecular formula is C17H16N2O2. The first kappa shape index (κ1) is 13.2. The first-order valence-electron chi connectivity index (χ1n) is 6.74. The lowest BCUT2D eigenvalue weighted by Crippen LogP contribution is -2.26. The van der Waals surface area contributed by atoms with Crippen LogP contribution in [-0.2, 0) is 6.54 Å². The molecule has 0 saturated heterocycles. The van der Waals surface area contributed by atoms with Gasteiger partial charge in [0.05, 0.1) is 0 Å². The molecule has 0 aliphatic rings. The molecule has 1 heterocycles. The van der Waals surface area contributed by atoms with E-state index in [0.717, 1.165) is 16.5 Å². The van der Waals surface area contributed by atoms with E-state index in [4.69, 9.17) is 0 Å². The molecule has 106 valence electrons. The van der Waals surface area contributed by atoms with Gasteiger partial charge in [0.2, 0.25) is 0 Å². The zero-order chi connectivity index (χ0) is 14.8. The van der Waals surface area contributed by atoms with Gasteiger partial charge in [-0.2, -0.15) is 0 Å². The van der Waals surface area contributed by atoms with E-state index in [9.17, 15) is 9.90 Å². The Morgan fingerprint density at radius 3 is 2.71 bits per heavy atom. The van der Waals surface area contributed by atoms with Crippen LogP contribution in [0.25, 0.3) is 10.9 Å². The van der Waals surface area contributed by atoms with Gasteiger partial charge in [-0.15, -0.1) is 0 Å². The number of phenolic OH excluding ortho intramolecular Hbond substituents is 1. The molecule has 0 atom stereocenters. The van der Waals surface area contributed by atoms with E-state index < -0.39 is 0 Å². The molecule has 0 aliphatic heterocycles. The number of hydrogen-bond donors (Lipinski definition) is 2. The number of phenols is 1. The summed E-state index contributed by atoms with van der Waals surface area (Å²) in [6.07, 6.45) is 0. The summed E-state index contributed by atoms with van der Waals surface area (Å²) in [5.41, 5.74) is 2.41. The van der Waals surface area contributed by atoms with Crippen LogP contribution in [0.2, 0.25) is 0 Å². The number of aromatic hydroxyl groups is 1. The van der Waals surface area contributed by atoms with Gasteiger partial charge < -0.3 is 15.0 Å². The molecular weight excluding hydrogens is 264 g/mol. The van der Waals surface area contributed by atoms with E-state index in [1.165, 1.54) is 0 Å². The van der Waals surface area contributed by atoms with Crippen molar-refractivity contribution < 1.29 is 9.90 Å². The molecule has 21 heavy (non-hydrogen) atoms. The maximum absolute atomic E-state index is 12.4. The summed E-state index contributed by atoms with van der Waals surface area (Å²) in [6, 6.07) is 16.6. The fourth-order valence-electron chi connectivity index (χ4n) is 2.39. The number of fused-ring (bicyclic) bond motifs is 1. The van der Waals surface area contributed by atoms with Crippen LogP contribution in [0.3, 0.4) is 0 Å². The topological polar surface area (TPSA) is 56.3 Å². The summed E-state index contributed by atoms with van der Waals surface area (Å²) in [7, 11) is 1.75. The predicted octanol–water partition coefficient (Wildman–Crippen LogP) is 3.15. The van der Waals surface area contributed by atoms with Crippen molar-refractivity contribution in [3.63, 3.8) is 0 Å². The Hall–Kier alpha value is -2.75. The van der Waals surface area contributed by atoms with Crippen molar-refractivity contribution in [1.82, 2.24) is 9.88 Å². The number of carbonyl (C=O) groups is 1. The molecule has 4 heteroatoms. The number of H-pyrrole nitrogens is 1. The maximum Gasteiger partial charge on any atom is 0.270 e. The zero-order valence-corrected chi connectivity index (χ0v) is 11.7. The Morgan fingerprint density at radius 2 is 1.95 bits per heavy atom. The van der Waals surface area contributed by atoms with Gasteiger partial charge in [-0.05, 0) is 29.8 Å². The van der Waals surface area contributed by atoms with Gasteiger partial charge in [-0.1, -0.05) is 30.3 Å². The summed E-state index contributed by atoms with van der Waals surface area (Å²) in [6.45, 7) is 0.447. The molecule has 0 fully saturated rings. The first-order valence-corrected chi connectivity index (χ1v) is 6.74. The predicted molar refractivity (Wildman–Crippen MR) is 82.2 cm³/mol. The first-order chi connectivity index (χ1) is 10.1. The molecule has 0 radical (unpaired) electrons. The number of aromatic nitrogens is 1. The van der Waals surface area contributed by atoms with E-state index in [2.05, 4.69) is 4.98 Å². The van der Waals surface area contributed by atoms with Gasteiger partial charge in [-0.3, -0.25) is 4.79 Å². The Morgan fingerprint density at radius 1 is 1.14 bits per heavy atom. The highest BCUT2D eigenvalue weighted by molar-refractivity contribution is 5.97. The number of carbonyl (C=O) groups excluding carboxylic acids is 1. The number of hydrogen-bond acceptors (Lipinski definition) is 2. The van der Waals surface area contributed by atoms with Crippen LogP contribution in [0.15, 0.2) is 54.6 Å². The van der Waals surface area contributed by atoms with Crippen LogP contribution in [-0.4, -0.2) is 27.9 Å². The smallest absolute Gasteiger partial charge is 0.270 e. The molecule has 0 bridgehead atoms. The van der Waals surface area contributed by atoms with Crippen LogP contribution in [0.5, 0.6) is 5.75 Å². The minimum atomic E-state index is -0.0745. The second-order valence-corrected chi connectivity index (χ2v) is 5.10. The fourth-order valence-corrected chi connectivity index (χ4v) is 2.39. The number of amides is 1. The van der Waals surface area contributed by atoms with Crippen molar-refractivity contribution >= 4 is 16.8 Å². The number of para-hydroxylation sites is 1. The zero-order valence-electron chi connectivity index (χ0n) is 11.7. The highest BCUT2D eigenvalue weighted by atomic mass is 16.3. The monoisotopic (exact) mass is 280 g/mol. The van der Waals surface area contributed by atoms with E-state index in [1.807, 2.05) is 36.4 Å². The largest absolute Gasteiger partial charge is 0.508 e. The Balaban J connectivity index is 1.80. The Bertz CT molecular complexity index is 759. The molecule has 0 unspecified atom stereocenters. The van der Waals surface area contributed by atoms with E-state index in [1.54, 1.807) is 30.1 Å². The van der Waals surface area contributed by atoms with Crippen molar-refractivity contribution in [2.75, 3.05) is 7.05 Å². The fraction of sp³-hybridized carbons (Fsp3) is 0.118. The van der Waals surface area contributed by atoms with Crippen LogP contribution in [0, 0.1) is 0 Å². The summed E-state index contributed by atoms with van der Waals surface area (Å²) in [5.74, 6) is 0.133. The summed E-state index contributed by atoms with van der Waals surface area (Å²) in [4.78, 5) is 17.2. The molecule has 2 N–H and O–H groups in total. The number of aromatic amines is 1. The van der Waals surface area contributed by atoms with E-state index in [0.29, 0.717) is 12.2 Å². The van der Waals surface area contributed by atoms with Crippen molar-refractivity contribution in [2.24, 2.45) is 0 Å². The highest BCUT2D eigenvalue weighted by Crippen LogP contribution is 2.17. The molecule has 3 aromatic rings. The lowest BCUT2D eigenvalue weighted by atomic mass is 10.2. The third-order valence-corrected chi connectivity index (χ3v) is 3.44. The van der Waals surface area contributed by atoms with E-state index >= 15 is 0 Å². The van der Waals surface area contributed by atoms with Gasteiger partial charge in [0.1, 0.15) is 11.4 Å². The van der Waals surface area contributed by atoms with Gasteiger partial charge in [-0.25, -0.2) is 0 Å². The third-order valence-electron chi connectivity index (χ3n) is 3.44. The van der Waals surface area contributed by atoms with Crippen molar-refractivity contribution in [3.05, 3.63) is 65.9 Å². The minimum Gasteiger partial charge on any atom is -0.508 e. The standard InChI is InChI=1S/C17H16N2O2/c1-19(11-12-5-4-7-14(20)9-12)17(21)16-10-13-6-2-3-8-15(13)18-16/h2-10,18,20H,11H2,1H3. The lowest BCUT2D eigenvalue weighted by Gasteiger charge is -2.16. The Labute approximate surface area is 122 Å². The molecule has 1 aromatic heterocycles. The molecule has 0 saturated carbocycles. The van der Waals surface area contributed by atoms with Crippen LogP contribution in [0.4, 0.5) is 0 Å². The molecule has 0 spiro atoms.